The van der Waals surface area contributed by atoms with Crippen LogP contribution < -0.4 is 4.90 Å². The maximum atomic E-state index is 11.0. The molecule has 4 nitrogen and oxygen atoms in total. The van der Waals surface area contributed by atoms with Gasteiger partial charge in [-0.2, -0.15) is 0 Å². The Hall–Kier alpha value is -1.94. The van der Waals surface area contributed by atoms with Gasteiger partial charge in [-0.15, -0.1) is 0 Å². The highest BCUT2D eigenvalue weighted by Gasteiger charge is 2.15. The van der Waals surface area contributed by atoms with Gasteiger partial charge in [0.05, 0.1) is 18.7 Å². The van der Waals surface area contributed by atoms with Gasteiger partial charge in [0.2, 0.25) is 0 Å². The molecule has 1 aromatic heterocycles. The summed E-state index contributed by atoms with van der Waals surface area (Å²) in [5.41, 5.74) is 3.89. The van der Waals surface area contributed by atoms with E-state index in [2.05, 4.69) is 17.9 Å². The number of ether oxygens (including phenoxy) is 1. The highest BCUT2D eigenvalue weighted by atomic mass is 16.5. The van der Waals surface area contributed by atoms with Crippen LogP contribution in [0.3, 0.4) is 0 Å². The average Bonchev–Trinajstić information content (AvgIpc) is 2.48. The number of anilines is 1. The number of benzene rings is 1. The van der Waals surface area contributed by atoms with Crippen LogP contribution in [-0.4, -0.2) is 37.6 Å². The number of pyridine rings is 1. The SMILES string of the molecule is Cc1cc(N2CCOCC2)nc2c(C)cc(C=O)cc12. The molecule has 0 saturated carbocycles. The normalized spacial score (nSPS) is 15.6. The molecule has 1 aliphatic rings. The summed E-state index contributed by atoms with van der Waals surface area (Å²) >= 11 is 0. The van der Waals surface area contributed by atoms with Crippen LogP contribution in [0.2, 0.25) is 0 Å². The van der Waals surface area contributed by atoms with E-state index in [0.717, 1.165) is 60.4 Å². The number of morpholine rings is 1. The molecule has 20 heavy (non-hydrogen) atoms. The highest BCUT2D eigenvalue weighted by Crippen LogP contribution is 2.26. The van der Waals surface area contributed by atoms with Gasteiger partial charge in [0.25, 0.3) is 0 Å². The van der Waals surface area contributed by atoms with Crippen LogP contribution in [0.25, 0.3) is 10.9 Å². The number of hydrogen-bond acceptors (Lipinski definition) is 4. The Morgan fingerprint density at radius 1 is 1.15 bits per heavy atom. The standard InChI is InChI=1S/C16H18N2O2/c1-11-8-15(18-3-5-20-6-4-18)17-16-12(2)7-13(10-19)9-14(11)16/h7-10H,3-6H2,1-2H3. The number of rotatable bonds is 2. The Kier molecular flexibility index (Phi) is 3.40. The van der Waals surface area contributed by atoms with Gasteiger partial charge in [0.1, 0.15) is 12.1 Å². The van der Waals surface area contributed by atoms with Crippen molar-refractivity contribution in [1.82, 2.24) is 4.98 Å². The quantitative estimate of drug-likeness (QED) is 0.786. The van der Waals surface area contributed by atoms with E-state index in [0.29, 0.717) is 5.56 Å². The van der Waals surface area contributed by atoms with Crippen LogP contribution in [-0.2, 0) is 4.74 Å². The fraction of sp³-hybridized carbons (Fsp3) is 0.375. The summed E-state index contributed by atoms with van der Waals surface area (Å²) in [6.45, 7) is 7.34. The van der Waals surface area contributed by atoms with Crippen molar-refractivity contribution in [2.75, 3.05) is 31.2 Å². The smallest absolute Gasteiger partial charge is 0.150 e. The van der Waals surface area contributed by atoms with Gasteiger partial charge in [-0.25, -0.2) is 4.98 Å². The van der Waals surface area contributed by atoms with Gasteiger partial charge in [-0.05, 0) is 43.2 Å². The molecule has 0 radical (unpaired) electrons. The van der Waals surface area contributed by atoms with Crippen molar-refractivity contribution in [2.24, 2.45) is 0 Å². The third-order valence-corrected chi connectivity index (χ3v) is 3.79. The molecule has 0 amide bonds. The molecular weight excluding hydrogens is 252 g/mol. The Bertz CT molecular complexity index is 661. The third-order valence-electron chi connectivity index (χ3n) is 3.79. The van der Waals surface area contributed by atoms with Gasteiger partial charge >= 0.3 is 0 Å². The van der Waals surface area contributed by atoms with Crippen LogP contribution in [0.4, 0.5) is 5.82 Å². The molecule has 1 saturated heterocycles. The first-order valence-electron chi connectivity index (χ1n) is 6.89. The van der Waals surface area contributed by atoms with Gasteiger partial charge < -0.3 is 9.64 Å². The molecule has 0 unspecified atom stereocenters. The van der Waals surface area contributed by atoms with Crippen molar-refractivity contribution in [3.63, 3.8) is 0 Å². The second kappa shape index (κ2) is 5.21. The fourth-order valence-electron chi connectivity index (χ4n) is 2.70. The first kappa shape index (κ1) is 13.1. The summed E-state index contributed by atoms with van der Waals surface area (Å²) in [4.78, 5) is 18.0. The minimum absolute atomic E-state index is 0.707. The number of carbonyl (C=O) groups is 1. The van der Waals surface area contributed by atoms with Crippen LogP contribution in [0.5, 0.6) is 0 Å². The molecule has 2 heterocycles. The molecule has 2 aromatic rings. The maximum Gasteiger partial charge on any atom is 0.150 e. The number of carbonyl (C=O) groups excluding carboxylic acids is 1. The molecule has 4 heteroatoms. The Balaban J connectivity index is 2.13. The molecule has 0 spiro atoms. The highest BCUT2D eigenvalue weighted by molar-refractivity contribution is 5.92. The molecule has 0 N–H and O–H groups in total. The molecule has 1 fully saturated rings. The van der Waals surface area contributed by atoms with Gasteiger partial charge in [-0.1, -0.05) is 0 Å². The van der Waals surface area contributed by atoms with Gasteiger partial charge in [0, 0.05) is 24.0 Å². The lowest BCUT2D eigenvalue weighted by Gasteiger charge is -2.28. The van der Waals surface area contributed by atoms with Crippen molar-refractivity contribution in [3.05, 3.63) is 34.9 Å². The molecule has 0 atom stereocenters. The minimum Gasteiger partial charge on any atom is -0.378 e. The summed E-state index contributed by atoms with van der Waals surface area (Å²) in [5, 5.41) is 1.06. The van der Waals surface area contributed by atoms with E-state index in [-0.39, 0.29) is 0 Å². The van der Waals surface area contributed by atoms with Crippen LogP contribution in [0.15, 0.2) is 18.2 Å². The lowest BCUT2D eigenvalue weighted by molar-refractivity contribution is 0.112. The first-order valence-corrected chi connectivity index (χ1v) is 6.89. The zero-order chi connectivity index (χ0) is 14.1. The number of hydrogen-bond donors (Lipinski definition) is 0. The topological polar surface area (TPSA) is 42.4 Å². The van der Waals surface area contributed by atoms with E-state index in [1.54, 1.807) is 0 Å². The van der Waals surface area contributed by atoms with Crippen LogP contribution in [0, 0.1) is 13.8 Å². The van der Waals surface area contributed by atoms with Crippen LogP contribution in [0.1, 0.15) is 21.5 Å². The van der Waals surface area contributed by atoms with Crippen molar-refractivity contribution in [3.8, 4) is 0 Å². The van der Waals surface area contributed by atoms with Crippen molar-refractivity contribution < 1.29 is 9.53 Å². The monoisotopic (exact) mass is 270 g/mol. The number of nitrogens with zero attached hydrogens (tertiary/aromatic N) is 2. The maximum absolute atomic E-state index is 11.0. The van der Waals surface area contributed by atoms with E-state index in [9.17, 15) is 4.79 Å². The Labute approximate surface area is 118 Å². The molecular formula is C16H18N2O2. The van der Waals surface area contributed by atoms with E-state index in [1.165, 1.54) is 0 Å². The minimum atomic E-state index is 0.707. The first-order chi connectivity index (χ1) is 9.69. The van der Waals surface area contributed by atoms with Crippen molar-refractivity contribution in [1.29, 1.82) is 0 Å². The summed E-state index contributed by atoms with van der Waals surface area (Å²) < 4.78 is 5.38. The fourth-order valence-corrected chi connectivity index (χ4v) is 2.70. The van der Waals surface area contributed by atoms with E-state index < -0.39 is 0 Å². The molecule has 0 aliphatic carbocycles. The lowest BCUT2D eigenvalue weighted by atomic mass is 10.0. The van der Waals surface area contributed by atoms with Crippen molar-refractivity contribution in [2.45, 2.75) is 13.8 Å². The zero-order valence-electron chi connectivity index (χ0n) is 11.8. The molecule has 0 bridgehead atoms. The summed E-state index contributed by atoms with van der Waals surface area (Å²) in [6.07, 6.45) is 0.891. The molecule has 104 valence electrons. The molecule has 1 aliphatic heterocycles. The predicted molar refractivity (Wildman–Crippen MR) is 79.6 cm³/mol. The van der Waals surface area contributed by atoms with E-state index in [1.807, 2.05) is 19.1 Å². The van der Waals surface area contributed by atoms with Crippen LogP contribution >= 0.6 is 0 Å². The summed E-state index contributed by atoms with van der Waals surface area (Å²) in [6, 6.07) is 5.91. The van der Waals surface area contributed by atoms with Gasteiger partial charge in [0.15, 0.2) is 0 Å². The summed E-state index contributed by atoms with van der Waals surface area (Å²) in [5.74, 6) is 1.00. The number of fused-ring (bicyclic) bond motifs is 1. The summed E-state index contributed by atoms with van der Waals surface area (Å²) in [7, 11) is 0. The van der Waals surface area contributed by atoms with E-state index >= 15 is 0 Å². The van der Waals surface area contributed by atoms with E-state index in [4.69, 9.17) is 9.72 Å². The van der Waals surface area contributed by atoms with Gasteiger partial charge in [-0.3, -0.25) is 4.79 Å². The largest absolute Gasteiger partial charge is 0.378 e. The predicted octanol–water partition coefficient (Wildman–Crippen LogP) is 2.50. The number of aryl methyl sites for hydroxylation is 2. The Morgan fingerprint density at radius 2 is 1.90 bits per heavy atom. The molecule has 1 aromatic carbocycles. The third kappa shape index (κ3) is 2.27. The second-order valence-corrected chi connectivity index (χ2v) is 5.25. The van der Waals surface area contributed by atoms with Crippen molar-refractivity contribution >= 4 is 23.0 Å². The molecule has 3 rings (SSSR count). The average molecular weight is 270 g/mol. The lowest BCUT2D eigenvalue weighted by Crippen LogP contribution is -2.36. The number of aldehydes is 1. The Morgan fingerprint density at radius 3 is 2.60 bits per heavy atom. The zero-order valence-corrected chi connectivity index (χ0v) is 11.8. The number of aromatic nitrogens is 1. The second-order valence-electron chi connectivity index (χ2n) is 5.25.